The molecule has 3 rings (SSSR count). The van der Waals surface area contributed by atoms with Crippen molar-refractivity contribution in [1.82, 2.24) is 0 Å². The molecule has 0 unspecified atom stereocenters. The van der Waals surface area contributed by atoms with Gasteiger partial charge in [0.25, 0.3) is 0 Å². The van der Waals surface area contributed by atoms with E-state index >= 15 is 0 Å². The van der Waals surface area contributed by atoms with E-state index in [1.54, 1.807) is 0 Å². The zero-order valence-electron chi connectivity index (χ0n) is 14.2. The first-order chi connectivity index (χ1) is 10.8. The Morgan fingerprint density at radius 1 is 1.00 bits per heavy atom. The summed E-state index contributed by atoms with van der Waals surface area (Å²) in [7, 11) is -0.524. The summed E-state index contributed by atoms with van der Waals surface area (Å²) in [4.78, 5) is 0. The molecule has 2 aromatic carbocycles. The fourth-order valence-electron chi connectivity index (χ4n) is 2.76. The SMILES string of the molecule is CC1(C)OB(C(=Cc2cccc3ccccc23)CO)OC1(C)C. The van der Waals surface area contributed by atoms with Crippen LogP contribution in [-0.2, 0) is 9.31 Å². The van der Waals surface area contributed by atoms with Crippen LogP contribution in [0.4, 0.5) is 0 Å². The van der Waals surface area contributed by atoms with Crippen molar-refractivity contribution >= 4 is 24.0 Å². The second-order valence-corrected chi connectivity index (χ2v) is 7.03. The van der Waals surface area contributed by atoms with Gasteiger partial charge >= 0.3 is 7.12 Å². The van der Waals surface area contributed by atoms with Gasteiger partial charge in [-0.25, -0.2) is 0 Å². The number of benzene rings is 2. The van der Waals surface area contributed by atoms with E-state index in [1.807, 2.05) is 58.0 Å². The molecular weight excluding hydrogens is 287 g/mol. The molecule has 1 heterocycles. The van der Waals surface area contributed by atoms with Crippen LogP contribution in [0.2, 0.25) is 0 Å². The predicted molar refractivity (Wildman–Crippen MR) is 95.1 cm³/mol. The summed E-state index contributed by atoms with van der Waals surface area (Å²) in [5.41, 5.74) is 0.969. The number of aliphatic hydroxyl groups is 1. The van der Waals surface area contributed by atoms with Crippen LogP contribution in [0.25, 0.3) is 16.8 Å². The fraction of sp³-hybridized carbons (Fsp3) is 0.368. The van der Waals surface area contributed by atoms with Crippen molar-refractivity contribution in [2.75, 3.05) is 6.61 Å². The van der Waals surface area contributed by atoms with Crippen LogP contribution in [0, 0.1) is 0 Å². The van der Waals surface area contributed by atoms with Crippen molar-refractivity contribution in [2.24, 2.45) is 0 Å². The maximum atomic E-state index is 9.83. The minimum Gasteiger partial charge on any atom is -0.400 e. The third kappa shape index (κ3) is 2.94. The van der Waals surface area contributed by atoms with Crippen molar-refractivity contribution in [1.29, 1.82) is 0 Å². The van der Waals surface area contributed by atoms with E-state index in [1.165, 1.54) is 5.39 Å². The first-order valence-electron chi connectivity index (χ1n) is 7.99. The molecule has 0 bridgehead atoms. The van der Waals surface area contributed by atoms with Gasteiger partial charge in [-0.2, -0.15) is 0 Å². The van der Waals surface area contributed by atoms with Gasteiger partial charge in [-0.1, -0.05) is 48.5 Å². The van der Waals surface area contributed by atoms with Gasteiger partial charge in [-0.3, -0.25) is 0 Å². The van der Waals surface area contributed by atoms with Crippen LogP contribution in [0.5, 0.6) is 0 Å². The highest BCUT2D eigenvalue weighted by Crippen LogP contribution is 2.39. The lowest BCUT2D eigenvalue weighted by molar-refractivity contribution is 0.00578. The lowest BCUT2D eigenvalue weighted by atomic mass is 9.77. The summed E-state index contributed by atoms with van der Waals surface area (Å²) in [6.07, 6.45) is 1.98. The molecule has 0 amide bonds. The van der Waals surface area contributed by atoms with Crippen molar-refractivity contribution in [3.8, 4) is 0 Å². The van der Waals surface area contributed by atoms with Crippen LogP contribution < -0.4 is 0 Å². The normalized spacial score (nSPS) is 20.2. The van der Waals surface area contributed by atoms with E-state index in [-0.39, 0.29) is 6.61 Å². The van der Waals surface area contributed by atoms with E-state index in [2.05, 4.69) is 18.2 Å². The lowest BCUT2D eigenvalue weighted by Crippen LogP contribution is -2.41. The summed E-state index contributed by atoms with van der Waals surface area (Å²) < 4.78 is 12.1. The van der Waals surface area contributed by atoms with Crippen LogP contribution in [0.3, 0.4) is 0 Å². The average molecular weight is 310 g/mol. The largest absolute Gasteiger partial charge is 0.492 e. The molecule has 1 aliphatic heterocycles. The molecule has 1 aliphatic rings. The van der Waals surface area contributed by atoms with E-state index in [4.69, 9.17) is 9.31 Å². The topological polar surface area (TPSA) is 38.7 Å². The monoisotopic (exact) mass is 310 g/mol. The molecule has 0 radical (unpaired) electrons. The Balaban J connectivity index is 1.99. The van der Waals surface area contributed by atoms with Crippen LogP contribution in [0.1, 0.15) is 33.3 Å². The number of hydrogen-bond donors (Lipinski definition) is 1. The third-order valence-corrected chi connectivity index (χ3v) is 4.90. The van der Waals surface area contributed by atoms with Crippen molar-refractivity contribution < 1.29 is 14.4 Å². The molecule has 120 valence electrons. The number of rotatable bonds is 3. The minimum atomic E-state index is -0.524. The smallest absolute Gasteiger partial charge is 0.400 e. The summed E-state index contributed by atoms with van der Waals surface area (Å²) in [6, 6.07) is 14.4. The first kappa shape index (κ1) is 16.3. The van der Waals surface area contributed by atoms with Gasteiger partial charge in [-0.05, 0) is 49.5 Å². The molecule has 1 N–H and O–H groups in total. The van der Waals surface area contributed by atoms with Crippen LogP contribution >= 0.6 is 0 Å². The summed E-state index contributed by atoms with van der Waals surface area (Å²) in [6.45, 7) is 7.96. The molecule has 0 saturated carbocycles. The molecule has 1 fully saturated rings. The van der Waals surface area contributed by atoms with Gasteiger partial charge in [0, 0.05) is 0 Å². The zero-order valence-corrected chi connectivity index (χ0v) is 14.2. The van der Waals surface area contributed by atoms with Crippen molar-refractivity contribution in [3.05, 3.63) is 53.5 Å². The highest BCUT2D eigenvalue weighted by atomic mass is 16.7. The van der Waals surface area contributed by atoms with Crippen LogP contribution in [-0.4, -0.2) is 30.0 Å². The van der Waals surface area contributed by atoms with Gasteiger partial charge in [0.2, 0.25) is 0 Å². The summed E-state index contributed by atoms with van der Waals surface area (Å²) >= 11 is 0. The van der Waals surface area contributed by atoms with Crippen LogP contribution in [0.15, 0.2) is 47.9 Å². The molecule has 23 heavy (non-hydrogen) atoms. The highest BCUT2D eigenvalue weighted by Gasteiger charge is 2.52. The van der Waals surface area contributed by atoms with E-state index in [9.17, 15) is 5.11 Å². The lowest BCUT2D eigenvalue weighted by Gasteiger charge is -2.32. The number of aliphatic hydroxyl groups excluding tert-OH is 1. The van der Waals surface area contributed by atoms with Gasteiger partial charge < -0.3 is 14.4 Å². The molecule has 4 heteroatoms. The standard InChI is InChI=1S/C19H23BO3/c1-18(2)19(3,4)23-20(22-18)16(13-21)12-15-10-7-9-14-8-5-6-11-17(14)15/h5-12,21H,13H2,1-4H3. The molecular formula is C19H23BO3. The Kier molecular flexibility index (Phi) is 4.09. The average Bonchev–Trinajstić information content (AvgIpc) is 2.73. The van der Waals surface area contributed by atoms with E-state index in [0.29, 0.717) is 0 Å². The second kappa shape index (κ2) is 5.79. The first-order valence-corrected chi connectivity index (χ1v) is 7.99. The van der Waals surface area contributed by atoms with Gasteiger partial charge in [0.05, 0.1) is 17.8 Å². The zero-order chi connectivity index (χ0) is 16.7. The number of hydrogen-bond acceptors (Lipinski definition) is 3. The Morgan fingerprint density at radius 3 is 2.26 bits per heavy atom. The molecule has 0 aromatic heterocycles. The Hall–Kier alpha value is -1.62. The predicted octanol–water partition coefficient (Wildman–Crippen LogP) is 3.85. The van der Waals surface area contributed by atoms with Crippen molar-refractivity contribution in [3.63, 3.8) is 0 Å². The molecule has 0 aliphatic carbocycles. The maximum Gasteiger partial charge on any atom is 0.492 e. The Bertz CT molecular complexity index is 728. The van der Waals surface area contributed by atoms with E-state index in [0.717, 1.165) is 16.4 Å². The molecule has 0 spiro atoms. The molecule has 3 nitrogen and oxygen atoms in total. The van der Waals surface area contributed by atoms with Gasteiger partial charge in [0.1, 0.15) is 0 Å². The fourth-order valence-corrected chi connectivity index (χ4v) is 2.76. The molecule has 2 aromatic rings. The highest BCUT2D eigenvalue weighted by molar-refractivity contribution is 6.55. The maximum absolute atomic E-state index is 9.83. The van der Waals surface area contributed by atoms with Gasteiger partial charge in [0.15, 0.2) is 0 Å². The molecule has 0 atom stereocenters. The van der Waals surface area contributed by atoms with Gasteiger partial charge in [-0.15, -0.1) is 0 Å². The Labute approximate surface area is 138 Å². The summed E-state index contributed by atoms with van der Waals surface area (Å²) in [5.74, 6) is 0. The quantitative estimate of drug-likeness (QED) is 0.875. The third-order valence-electron chi connectivity index (χ3n) is 4.90. The second-order valence-electron chi connectivity index (χ2n) is 7.03. The van der Waals surface area contributed by atoms with E-state index < -0.39 is 18.3 Å². The minimum absolute atomic E-state index is 0.0972. The van der Waals surface area contributed by atoms with Crippen molar-refractivity contribution in [2.45, 2.75) is 38.9 Å². The molecule has 1 saturated heterocycles. The number of fused-ring (bicyclic) bond motifs is 1. The summed E-state index contributed by atoms with van der Waals surface area (Å²) in [5, 5.41) is 12.2. The Morgan fingerprint density at radius 2 is 1.61 bits per heavy atom.